The molecule has 0 aliphatic carbocycles. The largest absolute Gasteiger partial charge is 0.494 e. The summed E-state index contributed by atoms with van der Waals surface area (Å²) in [6.07, 6.45) is 0. The van der Waals surface area contributed by atoms with Gasteiger partial charge in [-0.05, 0) is 55.8 Å². The maximum atomic E-state index is 12.7. The van der Waals surface area contributed by atoms with E-state index in [0.717, 1.165) is 11.3 Å². The zero-order valence-corrected chi connectivity index (χ0v) is 17.4. The van der Waals surface area contributed by atoms with E-state index in [0.29, 0.717) is 38.5 Å². The molecule has 1 amide bonds. The lowest BCUT2D eigenvalue weighted by atomic mass is 10.1. The SMILES string of the molecule is CCOc1cccc(C(C)NC(=O)c2ccc(S(=O)(=O)N3CCOCC3)cc2)c1. The van der Waals surface area contributed by atoms with Crippen molar-refractivity contribution in [3.8, 4) is 5.75 Å². The first-order valence-electron chi connectivity index (χ1n) is 9.63. The van der Waals surface area contributed by atoms with Gasteiger partial charge < -0.3 is 14.8 Å². The van der Waals surface area contributed by atoms with E-state index in [1.807, 2.05) is 38.1 Å². The predicted octanol–water partition coefficient (Wildman–Crippen LogP) is 2.60. The molecule has 1 unspecified atom stereocenters. The second kappa shape index (κ2) is 9.39. The van der Waals surface area contributed by atoms with Gasteiger partial charge in [-0.3, -0.25) is 4.79 Å². The third-order valence-corrected chi connectivity index (χ3v) is 6.65. The van der Waals surface area contributed by atoms with E-state index in [4.69, 9.17) is 9.47 Å². The van der Waals surface area contributed by atoms with Crippen molar-refractivity contribution in [2.24, 2.45) is 0 Å². The summed E-state index contributed by atoms with van der Waals surface area (Å²) in [7, 11) is -3.57. The van der Waals surface area contributed by atoms with Gasteiger partial charge >= 0.3 is 0 Å². The van der Waals surface area contributed by atoms with Gasteiger partial charge in [-0.2, -0.15) is 4.31 Å². The molecule has 0 saturated carbocycles. The minimum absolute atomic E-state index is 0.174. The third-order valence-electron chi connectivity index (χ3n) is 4.74. The van der Waals surface area contributed by atoms with Gasteiger partial charge in [0.05, 0.1) is 30.8 Å². The number of carbonyl (C=O) groups is 1. The number of nitrogens with one attached hydrogen (secondary N) is 1. The van der Waals surface area contributed by atoms with E-state index in [9.17, 15) is 13.2 Å². The summed E-state index contributed by atoms with van der Waals surface area (Å²) in [5, 5.41) is 2.93. The van der Waals surface area contributed by atoms with Crippen LogP contribution >= 0.6 is 0 Å². The van der Waals surface area contributed by atoms with Crippen LogP contribution in [0.4, 0.5) is 0 Å². The molecule has 3 rings (SSSR count). The molecule has 1 fully saturated rings. The lowest BCUT2D eigenvalue weighted by molar-refractivity contribution is 0.0730. The van der Waals surface area contributed by atoms with Gasteiger partial charge in [-0.15, -0.1) is 0 Å². The quantitative estimate of drug-likeness (QED) is 0.747. The van der Waals surface area contributed by atoms with Gasteiger partial charge in [0.1, 0.15) is 5.75 Å². The summed E-state index contributed by atoms with van der Waals surface area (Å²) in [4.78, 5) is 12.8. The van der Waals surface area contributed by atoms with Crippen LogP contribution in [0.15, 0.2) is 53.4 Å². The average Bonchev–Trinajstić information content (AvgIpc) is 2.75. The Morgan fingerprint density at radius 3 is 2.52 bits per heavy atom. The second-order valence-electron chi connectivity index (χ2n) is 6.74. The van der Waals surface area contributed by atoms with Crippen LogP contribution in [0.2, 0.25) is 0 Å². The van der Waals surface area contributed by atoms with Crippen LogP contribution in [0.3, 0.4) is 0 Å². The summed E-state index contributed by atoms with van der Waals surface area (Å²) in [6.45, 7) is 5.83. The Morgan fingerprint density at radius 2 is 1.86 bits per heavy atom. The summed E-state index contributed by atoms with van der Waals surface area (Å²) in [5.74, 6) is 0.485. The van der Waals surface area contributed by atoms with Crippen LogP contribution in [0.1, 0.15) is 35.8 Å². The van der Waals surface area contributed by atoms with E-state index in [1.165, 1.54) is 28.6 Å². The first-order valence-corrected chi connectivity index (χ1v) is 11.1. The molecule has 29 heavy (non-hydrogen) atoms. The molecular weight excluding hydrogens is 392 g/mol. The molecule has 1 saturated heterocycles. The van der Waals surface area contributed by atoms with Crippen molar-refractivity contribution in [2.75, 3.05) is 32.9 Å². The molecule has 0 radical (unpaired) electrons. The molecule has 1 heterocycles. The van der Waals surface area contributed by atoms with Crippen LogP contribution in [-0.2, 0) is 14.8 Å². The molecule has 156 valence electrons. The highest BCUT2D eigenvalue weighted by molar-refractivity contribution is 7.89. The minimum atomic E-state index is -3.57. The number of hydrogen-bond acceptors (Lipinski definition) is 5. The van der Waals surface area contributed by atoms with Crippen LogP contribution in [0.5, 0.6) is 5.75 Å². The van der Waals surface area contributed by atoms with Gasteiger partial charge in [0.15, 0.2) is 0 Å². The normalized spacial score (nSPS) is 16.2. The van der Waals surface area contributed by atoms with Crippen molar-refractivity contribution < 1.29 is 22.7 Å². The van der Waals surface area contributed by atoms with Gasteiger partial charge in [0, 0.05) is 18.7 Å². The highest BCUT2D eigenvalue weighted by atomic mass is 32.2. The second-order valence-corrected chi connectivity index (χ2v) is 8.68. The summed E-state index contributed by atoms with van der Waals surface area (Å²) in [6, 6.07) is 13.4. The summed E-state index contributed by atoms with van der Waals surface area (Å²) in [5.41, 5.74) is 1.33. The number of amides is 1. The molecule has 8 heteroatoms. The molecule has 2 aromatic rings. The molecule has 0 spiro atoms. The monoisotopic (exact) mass is 418 g/mol. The fourth-order valence-electron chi connectivity index (χ4n) is 3.12. The Labute approximate surface area is 171 Å². The molecule has 0 aromatic heterocycles. The summed E-state index contributed by atoms with van der Waals surface area (Å²) < 4.78 is 37.5. The number of ether oxygens (including phenoxy) is 2. The fourth-order valence-corrected chi connectivity index (χ4v) is 4.53. The van der Waals surface area contributed by atoms with Gasteiger partial charge in [-0.1, -0.05) is 12.1 Å². The van der Waals surface area contributed by atoms with E-state index in [-0.39, 0.29) is 16.8 Å². The maximum Gasteiger partial charge on any atom is 0.251 e. The molecule has 7 nitrogen and oxygen atoms in total. The van der Waals surface area contributed by atoms with Crippen LogP contribution in [0, 0.1) is 0 Å². The molecule has 2 aromatic carbocycles. The number of benzene rings is 2. The van der Waals surface area contributed by atoms with Crippen LogP contribution in [-0.4, -0.2) is 51.5 Å². The molecular formula is C21H26N2O5S. The topological polar surface area (TPSA) is 84.9 Å². The highest BCUT2D eigenvalue weighted by Crippen LogP contribution is 2.21. The molecule has 1 atom stereocenters. The number of hydrogen-bond donors (Lipinski definition) is 1. The zero-order chi connectivity index (χ0) is 20.9. The Bertz CT molecular complexity index is 938. The smallest absolute Gasteiger partial charge is 0.251 e. The Morgan fingerprint density at radius 1 is 1.17 bits per heavy atom. The van der Waals surface area contributed by atoms with Crippen molar-refractivity contribution in [1.29, 1.82) is 0 Å². The van der Waals surface area contributed by atoms with E-state index >= 15 is 0 Å². The van der Waals surface area contributed by atoms with Crippen LogP contribution in [0.25, 0.3) is 0 Å². The maximum absolute atomic E-state index is 12.7. The van der Waals surface area contributed by atoms with Crippen LogP contribution < -0.4 is 10.1 Å². The van der Waals surface area contributed by atoms with Crippen molar-refractivity contribution >= 4 is 15.9 Å². The van der Waals surface area contributed by atoms with E-state index < -0.39 is 10.0 Å². The van der Waals surface area contributed by atoms with Gasteiger partial charge in [0.2, 0.25) is 10.0 Å². The van der Waals surface area contributed by atoms with E-state index in [2.05, 4.69) is 5.32 Å². The lowest BCUT2D eigenvalue weighted by Gasteiger charge is -2.26. The molecule has 0 bridgehead atoms. The van der Waals surface area contributed by atoms with Gasteiger partial charge in [-0.25, -0.2) is 8.42 Å². The molecule has 1 aliphatic heterocycles. The van der Waals surface area contributed by atoms with Crippen molar-refractivity contribution in [2.45, 2.75) is 24.8 Å². The highest BCUT2D eigenvalue weighted by Gasteiger charge is 2.26. The predicted molar refractivity (Wildman–Crippen MR) is 110 cm³/mol. The van der Waals surface area contributed by atoms with Crippen molar-refractivity contribution in [1.82, 2.24) is 9.62 Å². The Kier molecular flexibility index (Phi) is 6.89. The number of sulfonamides is 1. The number of rotatable bonds is 7. The Balaban J connectivity index is 1.68. The zero-order valence-electron chi connectivity index (χ0n) is 16.6. The Hall–Kier alpha value is -2.42. The molecule has 1 N–H and O–H groups in total. The van der Waals surface area contributed by atoms with Gasteiger partial charge in [0.25, 0.3) is 5.91 Å². The minimum Gasteiger partial charge on any atom is -0.494 e. The number of carbonyl (C=O) groups excluding carboxylic acids is 1. The first-order chi connectivity index (χ1) is 13.9. The third kappa shape index (κ3) is 5.14. The standard InChI is InChI=1S/C21H26N2O5S/c1-3-28-19-6-4-5-18(15-19)16(2)22-21(24)17-7-9-20(10-8-17)29(25,26)23-11-13-27-14-12-23/h4-10,15-16H,3,11-14H2,1-2H3,(H,22,24). The van der Waals surface area contributed by atoms with Crippen molar-refractivity contribution in [3.63, 3.8) is 0 Å². The number of morpholine rings is 1. The fraction of sp³-hybridized carbons (Fsp3) is 0.381. The average molecular weight is 419 g/mol. The van der Waals surface area contributed by atoms with E-state index in [1.54, 1.807) is 0 Å². The lowest BCUT2D eigenvalue weighted by Crippen LogP contribution is -2.40. The summed E-state index contributed by atoms with van der Waals surface area (Å²) >= 11 is 0. The first kappa shape index (κ1) is 21.3. The number of nitrogens with zero attached hydrogens (tertiary/aromatic N) is 1. The molecule has 1 aliphatic rings. The van der Waals surface area contributed by atoms with Crippen molar-refractivity contribution in [3.05, 3.63) is 59.7 Å².